The number of allylic oxidation sites excluding steroid dienone is 2. The van der Waals surface area contributed by atoms with E-state index in [9.17, 15) is 27.2 Å². The van der Waals surface area contributed by atoms with Gasteiger partial charge in [0.15, 0.2) is 0 Å². The molecule has 14 heteroatoms. The van der Waals surface area contributed by atoms with E-state index >= 15 is 0 Å². The fraction of sp³-hybridized carbons (Fsp3) is 0.367. The van der Waals surface area contributed by atoms with Crippen molar-refractivity contribution in [2.24, 2.45) is 0 Å². The normalized spacial score (nSPS) is 13.2. The first kappa shape index (κ1) is 38.3. The Balaban J connectivity index is 0.00000182. The Hall–Kier alpha value is -3.70. The van der Waals surface area contributed by atoms with Gasteiger partial charge in [-0.2, -0.15) is 0 Å². The number of hydrogen-bond acceptors (Lipinski definition) is 8. The summed E-state index contributed by atoms with van der Waals surface area (Å²) in [6.07, 6.45) is 8.99. The van der Waals surface area contributed by atoms with Gasteiger partial charge in [-0.15, -0.1) is 23.7 Å². The van der Waals surface area contributed by atoms with Gasteiger partial charge in [0, 0.05) is 37.3 Å². The average molecular weight is 668 g/mol. The predicted molar refractivity (Wildman–Crippen MR) is 176 cm³/mol. The molecule has 0 aliphatic carbocycles. The van der Waals surface area contributed by atoms with E-state index in [1.165, 1.54) is 24.3 Å². The molecular formula is C30H39ClFN5O5S2. The molecule has 2 heterocycles. The third kappa shape index (κ3) is 12.1. The monoisotopic (exact) mass is 667 g/mol. The van der Waals surface area contributed by atoms with Crippen LogP contribution in [0.2, 0.25) is 4.34 Å². The van der Waals surface area contributed by atoms with Crippen molar-refractivity contribution in [3.63, 3.8) is 0 Å². The molecule has 0 spiro atoms. The van der Waals surface area contributed by atoms with Crippen LogP contribution in [-0.2, 0) is 19.6 Å². The number of imide groups is 1. The number of benzene rings is 1. The van der Waals surface area contributed by atoms with Gasteiger partial charge in [0.05, 0.1) is 10.0 Å². The molecule has 1 aliphatic rings. The number of nitrogens with zero attached hydrogens (tertiary/aromatic N) is 2. The number of amides is 4. The van der Waals surface area contributed by atoms with Crippen LogP contribution in [0.4, 0.5) is 20.6 Å². The second-order valence-electron chi connectivity index (χ2n) is 9.15. The number of halogens is 2. The highest BCUT2D eigenvalue weighted by Crippen LogP contribution is 2.30. The van der Waals surface area contributed by atoms with Crippen molar-refractivity contribution in [3.05, 3.63) is 63.9 Å². The van der Waals surface area contributed by atoms with E-state index in [0.29, 0.717) is 12.1 Å². The summed E-state index contributed by atoms with van der Waals surface area (Å²) >= 11 is 6.51. The van der Waals surface area contributed by atoms with Gasteiger partial charge in [-0.25, -0.2) is 27.2 Å². The van der Waals surface area contributed by atoms with Gasteiger partial charge in [-0.1, -0.05) is 38.4 Å². The Morgan fingerprint density at radius 1 is 1.18 bits per heavy atom. The first-order chi connectivity index (χ1) is 20.8. The van der Waals surface area contributed by atoms with Crippen LogP contribution in [0.5, 0.6) is 0 Å². The lowest BCUT2D eigenvalue weighted by molar-refractivity contribution is -0.127. The van der Waals surface area contributed by atoms with E-state index < -0.39 is 33.7 Å². The molecule has 3 N–H and O–H groups in total. The van der Waals surface area contributed by atoms with Gasteiger partial charge in [-0.05, 0) is 69.4 Å². The number of carbonyl (C=O) groups excluding carboxylic acids is 3. The lowest BCUT2D eigenvalue weighted by Gasteiger charge is -2.27. The summed E-state index contributed by atoms with van der Waals surface area (Å²) in [5, 5.41) is 5.51. The van der Waals surface area contributed by atoms with Gasteiger partial charge >= 0.3 is 6.03 Å². The summed E-state index contributed by atoms with van der Waals surface area (Å²) in [6, 6.07) is 4.82. The minimum Gasteiger partial charge on any atom is -0.384 e. The standard InChI is InChI=1S/C25H29ClFN5O5S2.C3H4.C2H6/c1-4-5-17(28-10-11-31(2)3)12-16-13-22(33)32(23(34)14-16)20-7-6-18(15-19(20)27)29-25(35)30-39(36,37)24-9-8-21(26)38-24;1-3-2;1-2/h5-9,12,15,28H,4,10-11,13-14H2,1-3H3,(H2,29,30,35);1H,2H3;1-2H3/b17-5+;;. The third-order valence-electron chi connectivity index (χ3n) is 5.41. The average Bonchev–Trinajstić information content (AvgIpc) is 3.38. The maximum absolute atomic E-state index is 15.0. The van der Waals surface area contributed by atoms with Crippen LogP contribution < -0.4 is 20.3 Å². The van der Waals surface area contributed by atoms with Crippen LogP contribution in [0.3, 0.4) is 0 Å². The number of likely N-dealkylation sites (N-methyl/N-ethyl adjacent to an activating group) is 1. The maximum atomic E-state index is 15.0. The molecule has 1 aromatic heterocycles. The molecule has 1 aromatic carbocycles. The smallest absolute Gasteiger partial charge is 0.333 e. The van der Waals surface area contributed by atoms with Gasteiger partial charge < -0.3 is 15.5 Å². The molecule has 1 aliphatic heterocycles. The number of urea groups is 1. The van der Waals surface area contributed by atoms with E-state index in [0.717, 1.165) is 41.0 Å². The molecule has 1 saturated heterocycles. The van der Waals surface area contributed by atoms with Crippen LogP contribution in [-0.4, -0.2) is 58.3 Å². The molecule has 2 aromatic rings. The van der Waals surface area contributed by atoms with Crippen molar-refractivity contribution < 1.29 is 27.2 Å². The summed E-state index contributed by atoms with van der Waals surface area (Å²) in [5.41, 5.74) is 1.09. The number of anilines is 2. The molecule has 0 radical (unpaired) electrons. The molecule has 4 amide bonds. The second-order valence-corrected chi connectivity index (χ2v) is 12.8. The van der Waals surface area contributed by atoms with E-state index in [1.54, 1.807) is 13.0 Å². The van der Waals surface area contributed by atoms with Crippen LogP contribution in [0.25, 0.3) is 0 Å². The largest absolute Gasteiger partial charge is 0.384 e. The Morgan fingerprint density at radius 2 is 1.80 bits per heavy atom. The third-order valence-corrected chi connectivity index (χ3v) is 8.47. The molecule has 3 rings (SSSR count). The van der Waals surface area contributed by atoms with E-state index in [2.05, 4.69) is 23.0 Å². The van der Waals surface area contributed by atoms with Crippen molar-refractivity contribution in [3.8, 4) is 12.3 Å². The fourth-order valence-electron chi connectivity index (χ4n) is 3.70. The quantitative estimate of drug-likeness (QED) is 0.218. The summed E-state index contributed by atoms with van der Waals surface area (Å²) in [4.78, 5) is 40.7. The topological polar surface area (TPSA) is 128 Å². The van der Waals surface area contributed by atoms with Crippen molar-refractivity contribution in [1.29, 1.82) is 0 Å². The summed E-state index contributed by atoms with van der Waals surface area (Å²) < 4.78 is 41.4. The zero-order valence-corrected chi connectivity index (χ0v) is 28.1. The number of nitrogens with one attached hydrogen (secondary N) is 3. The highest BCUT2D eigenvalue weighted by Gasteiger charge is 2.32. The van der Waals surface area contributed by atoms with Crippen molar-refractivity contribution in [2.45, 2.75) is 51.2 Å². The molecule has 1 fully saturated rings. The minimum absolute atomic E-state index is 0.0609. The van der Waals surface area contributed by atoms with Gasteiger partial charge in [-0.3, -0.25) is 9.59 Å². The molecule has 10 nitrogen and oxygen atoms in total. The van der Waals surface area contributed by atoms with Gasteiger partial charge in [0.25, 0.3) is 10.0 Å². The molecule has 0 saturated carbocycles. The first-order valence-electron chi connectivity index (χ1n) is 13.7. The SMILES string of the molecule is C#CC.CC.CC/C=C(\C=C1CC(=O)N(c2ccc(NC(=O)NS(=O)(=O)c3ccc(Cl)s3)cc2F)C(=O)C1)NCCN(C)C. The number of carbonyl (C=O) groups is 3. The highest BCUT2D eigenvalue weighted by atomic mass is 35.5. The van der Waals surface area contributed by atoms with Gasteiger partial charge in [0.1, 0.15) is 10.0 Å². The summed E-state index contributed by atoms with van der Waals surface area (Å²) in [7, 11) is -0.253. The van der Waals surface area contributed by atoms with Gasteiger partial charge in [0.2, 0.25) is 11.8 Å². The minimum atomic E-state index is -4.17. The number of piperidine rings is 1. The van der Waals surface area contributed by atoms with Crippen LogP contribution >= 0.6 is 22.9 Å². The van der Waals surface area contributed by atoms with Crippen molar-refractivity contribution in [2.75, 3.05) is 37.4 Å². The first-order valence-corrected chi connectivity index (χ1v) is 16.4. The molecule has 0 bridgehead atoms. The summed E-state index contributed by atoms with van der Waals surface area (Å²) in [6.45, 7) is 9.13. The van der Waals surface area contributed by atoms with Crippen LogP contribution in [0.1, 0.15) is 47.0 Å². The van der Waals surface area contributed by atoms with E-state index in [1.807, 2.05) is 50.6 Å². The van der Waals surface area contributed by atoms with Crippen LogP contribution in [0, 0.1) is 18.2 Å². The molecule has 44 heavy (non-hydrogen) atoms. The summed E-state index contributed by atoms with van der Waals surface area (Å²) in [5.74, 6) is 0.145. The van der Waals surface area contributed by atoms with Crippen molar-refractivity contribution >= 4 is 62.2 Å². The Bertz CT molecular complexity index is 1490. The predicted octanol–water partition coefficient (Wildman–Crippen LogP) is 5.74. The molecule has 0 atom stereocenters. The lowest BCUT2D eigenvalue weighted by Crippen LogP contribution is -2.41. The highest BCUT2D eigenvalue weighted by molar-refractivity contribution is 7.92. The Labute approximate surface area is 268 Å². The van der Waals surface area contributed by atoms with Crippen LogP contribution in [0.15, 0.2) is 58.0 Å². The molecular weight excluding hydrogens is 629 g/mol. The number of hydrogen-bond donors (Lipinski definition) is 3. The number of rotatable bonds is 10. The molecule has 0 unspecified atom stereocenters. The zero-order chi connectivity index (χ0) is 33.4. The second kappa shape index (κ2) is 18.9. The lowest BCUT2D eigenvalue weighted by atomic mass is 10.00. The number of thiophene rings is 1. The number of sulfonamides is 1. The Kier molecular flexibility index (Phi) is 16.4. The fourth-order valence-corrected chi connectivity index (χ4v) is 6.09. The van der Waals surface area contributed by atoms with E-state index in [4.69, 9.17) is 11.6 Å². The number of terminal acetylenes is 1. The van der Waals surface area contributed by atoms with E-state index in [-0.39, 0.29) is 32.8 Å². The zero-order valence-electron chi connectivity index (χ0n) is 25.7. The molecule has 240 valence electrons. The maximum Gasteiger partial charge on any atom is 0.333 e. The Morgan fingerprint density at radius 3 is 2.30 bits per heavy atom. The van der Waals surface area contributed by atoms with Crippen molar-refractivity contribution in [1.82, 2.24) is 14.9 Å².